The van der Waals surface area contributed by atoms with Crippen molar-refractivity contribution in [2.75, 3.05) is 5.75 Å². The lowest BCUT2D eigenvalue weighted by molar-refractivity contribution is -0.137. The molecule has 0 spiro atoms. The Morgan fingerprint density at radius 3 is 2.03 bits per heavy atom. The monoisotopic (exact) mass is 487 g/mol. The van der Waals surface area contributed by atoms with Gasteiger partial charge < -0.3 is 0 Å². The van der Waals surface area contributed by atoms with Crippen LogP contribution in [0.5, 0.6) is 0 Å². The zero-order valence-corrected chi connectivity index (χ0v) is 19.0. The van der Waals surface area contributed by atoms with Crippen molar-refractivity contribution in [2.24, 2.45) is 10.6 Å². The number of benzene rings is 2. The van der Waals surface area contributed by atoms with Crippen LogP contribution < -0.4 is 5.14 Å². The SMILES string of the molecule is CC(C)(C)C#Cc1ccc(C(=O)CS(=O)(=O)c2ccccc2S(N)(=O)=O)c(C(F)(F)F)c1. The van der Waals surface area contributed by atoms with E-state index in [9.17, 15) is 34.8 Å². The Hall–Kier alpha value is -2.68. The van der Waals surface area contributed by atoms with E-state index in [-0.39, 0.29) is 5.56 Å². The molecule has 0 amide bonds. The highest BCUT2D eigenvalue weighted by Gasteiger charge is 2.37. The van der Waals surface area contributed by atoms with Crippen molar-refractivity contribution in [3.05, 3.63) is 59.2 Å². The third-order valence-electron chi connectivity index (χ3n) is 4.02. The van der Waals surface area contributed by atoms with Gasteiger partial charge in [0.25, 0.3) is 0 Å². The van der Waals surface area contributed by atoms with Crippen LogP contribution in [0, 0.1) is 17.3 Å². The molecular weight excluding hydrogens is 467 g/mol. The summed E-state index contributed by atoms with van der Waals surface area (Å²) in [7, 11) is -9.09. The first-order valence-electron chi connectivity index (χ1n) is 9.04. The number of Topliss-reactive ketones (excluding diaryl/α,β-unsaturated/α-hetero) is 1. The molecule has 0 aromatic heterocycles. The Morgan fingerprint density at radius 1 is 0.969 bits per heavy atom. The number of halogens is 3. The van der Waals surface area contributed by atoms with Crippen LogP contribution in [0.4, 0.5) is 13.2 Å². The van der Waals surface area contributed by atoms with Crippen molar-refractivity contribution in [3.8, 4) is 11.8 Å². The summed E-state index contributed by atoms with van der Waals surface area (Å²) in [5.41, 5.74) is -2.67. The second-order valence-electron chi connectivity index (χ2n) is 7.93. The molecule has 0 atom stereocenters. The summed E-state index contributed by atoms with van der Waals surface area (Å²) in [6, 6.07) is 6.99. The Kier molecular flexibility index (Phi) is 6.95. The van der Waals surface area contributed by atoms with Crippen LogP contribution >= 0.6 is 0 Å². The van der Waals surface area contributed by atoms with Crippen molar-refractivity contribution in [1.29, 1.82) is 0 Å². The summed E-state index contributed by atoms with van der Waals surface area (Å²) < 4.78 is 89.5. The maximum Gasteiger partial charge on any atom is 0.417 e. The molecule has 2 N–H and O–H groups in total. The second kappa shape index (κ2) is 8.69. The number of carbonyl (C=O) groups is 1. The van der Waals surface area contributed by atoms with Gasteiger partial charge in [0.1, 0.15) is 10.6 Å². The minimum atomic E-state index is -4.95. The molecule has 2 rings (SSSR count). The van der Waals surface area contributed by atoms with Gasteiger partial charge in [-0.1, -0.05) is 24.0 Å². The maximum atomic E-state index is 13.6. The number of nitrogens with two attached hydrogens (primary N) is 1. The summed E-state index contributed by atoms with van der Waals surface area (Å²) in [4.78, 5) is 11.1. The average Bonchev–Trinajstić information content (AvgIpc) is 2.64. The fraction of sp³-hybridized carbons (Fsp3) is 0.286. The van der Waals surface area contributed by atoms with Gasteiger partial charge in [-0.3, -0.25) is 4.79 Å². The van der Waals surface area contributed by atoms with Crippen LogP contribution in [0.15, 0.2) is 52.3 Å². The largest absolute Gasteiger partial charge is 0.417 e. The van der Waals surface area contributed by atoms with Gasteiger partial charge in [-0.15, -0.1) is 0 Å². The minimum Gasteiger partial charge on any atom is -0.293 e. The van der Waals surface area contributed by atoms with E-state index in [0.29, 0.717) is 6.07 Å². The van der Waals surface area contributed by atoms with E-state index in [4.69, 9.17) is 5.14 Å². The third kappa shape index (κ3) is 6.41. The standard InChI is InChI=1S/C21H20F3NO5S2/c1-20(2,3)11-10-14-8-9-15(16(12-14)21(22,23)24)17(26)13-31(27,28)18-6-4-5-7-19(18)32(25,29)30/h4-9,12H,13H2,1-3H3,(H2,25,29,30). The molecule has 0 aliphatic carbocycles. The zero-order chi connectivity index (χ0) is 24.5. The summed E-state index contributed by atoms with van der Waals surface area (Å²) in [5, 5.41) is 5.01. The minimum absolute atomic E-state index is 0.00577. The Balaban J connectivity index is 2.53. The molecule has 0 saturated heterocycles. The fourth-order valence-corrected chi connectivity index (χ4v) is 5.29. The molecular formula is C21H20F3NO5S2. The van der Waals surface area contributed by atoms with E-state index >= 15 is 0 Å². The van der Waals surface area contributed by atoms with Crippen molar-refractivity contribution in [1.82, 2.24) is 0 Å². The number of sulfonamides is 1. The van der Waals surface area contributed by atoms with E-state index in [1.807, 2.05) is 0 Å². The van der Waals surface area contributed by atoms with Gasteiger partial charge >= 0.3 is 6.18 Å². The summed E-state index contributed by atoms with van der Waals surface area (Å²) >= 11 is 0. The highest BCUT2D eigenvalue weighted by molar-refractivity contribution is 7.94. The molecule has 32 heavy (non-hydrogen) atoms. The Morgan fingerprint density at radius 2 is 1.53 bits per heavy atom. The smallest absolute Gasteiger partial charge is 0.293 e. The van der Waals surface area contributed by atoms with E-state index in [0.717, 1.165) is 18.2 Å². The van der Waals surface area contributed by atoms with Gasteiger partial charge in [0.2, 0.25) is 10.0 Å². The summed E-state index contributed by atoms with van der Waals surface area (Å²) in [5.74, 6) is 2.65. The summed E-state index contributed by atoms with van der Waals surface area (Å²) in [6.45, 7) is 5.31. The molecule has 0 radical (unpaired) electrons. The molecule has 0 saturated carbocycles. The van der Waals surface area contributed by atoms with Crippen LogP contribution in [0.1, 0.15) is 42.3 Å². The molecule has 0 aliphatic heterocycles. The lowest BCUT2D eigenvalue weighted by Gasteiger charge is -2.14. The van der Waals surface area contributed by atoms with Gasteiger partial charge in [-0.05, 0) is 51.1 Å². The molecule has 11 heteroatoms. The number of alkyl halides is 3. The van der Waals surface area contributed by atoms with Crippen molar-refractivity contribution >= 4 is 25.6 Å². The highest BCUT2D eigenvalue weighted by Crippen LogP contribution is 2.33. The first-order chi connectivity index (χ1) is 14.4. The highest BCUT2D eigenvalue weighted by atomic mass is 32.2. The fourth-order valence-electron chi connectivity index (χ4n) is 2.63. The number of primary sulfonamides is 1. The number of hydrogen-bond donors (Lipinski definition) is 1. The van der Waals surface area contributed by atoms with Crippen molar-refractivity contribution in [2.45, 2.75) is 36.7 Å². The van der Waals surface area contributed by atoms with Crippen LogP contribution in [0.2, 0.25) is 0 Å². The van der Waals surface area contributed by atoms with E-state index in [2.05, 4.69) is 11.8 Å². The number of carbonyl (C=O) groups excluding carboxylic acids is 1. The molecule has 172 valence electrons. The van der Waals surface area contributed by atoms with Gasteiger partial charge in [-0.2, -0.15) is 13.2 Å². The topological polar surface area (TPSA) is 111 Å². The molecule has 2 aromatic rings. The quantitative estimate of drug-likeness (QED) is 0.513. The van der Waals surface area contributed by atoms with Crippen molar-refractivity contribution in [3.63, 3.8) is 0 Å². The molecule has 2 aromatic carbocycles. The Bertz CT molecular complexity index is 1330. The molecule has 0 bridgehead atoms. The van der Waals surface area contributed by atoms with E-state index in [1.54, 1.807) is 20.8 Å². The third-order valence-corrected chi connectivity index (χ3v) is 6.79. The van der Waals surface area contributed by atoms with Gasteiger partial charge in [0.05, 0.1) is 10.5 Å². The number of hydrogen-bond acceptors (Lipinski definition) is 5. The second-order valence-corrected chi connectivity index (χ2v) is 11.4. The first-order valence-corrected chi connectivity index (χ1v) is 12.2. The first kappa shape index (κ1) is 25.6. The number of sulfone groups is 1. The van der Waals surface area contributed by atoms with E-state index < -0.39 is 63.9 Å². The lowest BCUT2D eigenvalue weighted by atomic mass is 9.96. The predicted molar refractivity (Wildman–Crippen MR) is 112 cm³/mol. The van der Waals surface area contributed by atoms with Crippen LogP contribution in [-0.2, 0) is 26.0 Å². The molecule has 0 unspecified atom stereocenters. The molecule has 0 heterocycles. The molecule has 0 fully saturated rings. The normalized spacial score (nSPS) is 12.7. The number of ketones is 1. The lowest BCUT2D eigenvalue weighted by Crippen LogP contribution is -2.23. The van der Waals surface area contributed by atoms with Crippen LogP contribution in [-0.4, -0.2) is 28.4 Å². The molecule has 6 nitrogen and oxygen atoms in total. The summed E-state index contributed by atoms with van der Waals surface area (Å²) in [6.07, 6.45) is -4.95. The van der Waals surface area contributed by atoms with Gasteiger partial charge in [0, 0.05) is 16.5 Å². The molecule has 0 aliphatic rings. The maximum absolute atomic E-state index is 13.6. The number of rotatable bonds is 5. The van der Waals surface area contributed by atoms with Crippen LogP contribution in [0.25, 0.3) is 0 Å². The van der Waals surface area contributed by atoms with Gasteiger partial charge in [0.15, 0.2) is 15.6 Å². The Labute approximate surface area is 184 Å². The van der Waals surface area contributed by atoms with Crippen LogP contribution in [0.3, 0.4) is 0 Å². The van der Waals surface area contributed by atoms with Gasteiger partial charge in [-0.25, -0.2) is 22.0 Å². The zero-order valence-electron chi connectivity index (χ0n) is 17.3. The van der Waals surface area contributed by atoms with E-state index in [1.165, 1.54) is 18.2 Å². The predicted octanol–water partition coefficient (Wildman–Crippen LogP) is 3.41. The van der Waals surface area contributed by atoms with Crippen molar-refractivity contribution < 1.29 is 34.8 Å². The average molecular weight is 488 g/mol.